The van der Waals surface area contributed by atoms with Crippen LogP contribution in [-0.2, 0) is 20.6 Å². The van der Waals surface area contributed by atoms with E-state index in [4.69, 9.17) is 9.16 Å². The van der Waals surface area contributed by atoms with Crippen molar-refractivity contribution in [3.63, 3.8) is 0 Å². The van der Waals surface area contributed by atoms with E-state index in [9.17, 15) is 4.79 Å². The molecule has 2 atom stereocenters. The molecule has 0 saturated heterocycles. The molecular formula is C17H28O3Si. The zero-order valence-electron chi connectivity index (χ0n) is 14.1. The molecule has 0 N–H and O–H groups in total. The summed E-state index contributed by atoms with van der Waals surface area (Å²) in [5.41, 5.74) is 1.06. The number of ether oxygens (including phenoxy) is 1. The van der Waals surface area contributed by atoms with E-state index >= 15 is 0 Å². The van der Waals surface area contributed by atoms with Crippen LogP contribution < -0.4 is 0 Å². The highest BCUT2D eigenvalue weighted by atomic mass is 28.4. The third kappa shape index (κ3) is 5.38. The minimum absolute atomic E-state index is 0.119. The first-order valence-electron chi connectivity index (χ1n) is 7.46. The Morgan fingerprint density at radius 2 is 1.76 bits per heavy atom. The smallest absolute Gasteiger partial charge is 0.192 e. The minimum atomic E-state index is -1.89. The number of carbonyl (C=O) groups excluding carboxylic acids is 1. The fourth-order valence-corrected chi connectivity index (χ4v) is 3.18. The van der Waals surface area contributed by atoms with Gasteiger partial charge >= 0.3 is 0 Å². The number of hydrogen-bond acceptors (Lipinski definition) is 3. The Hall–Kier alpha value is -0.973. The van der Waals surface area contributed by atoms with Crippen LogP contribution in [-0.4, -0.2) is 26.8 Å². The molecule has 3 nitrogen and oxygen atoms in total. The number of hydrogen-bond donors (Lipinski definition) is 0. The topological polar surface area (TPSA) is 35.5 Å². The molecule has 0 aromatic heterocycles. The zero-order chi connectivity index (χ0) is 16.1. The number of aldehydes is 1. The van der Waals surface area contributed by atoms with Crippen molar-refractivity contribution in [2.75, 3.05) is 0 Å². The van der Waals surface area contributed by atoms with Crippen LogP contribution in [0.3, 0.4) is 0 Å². The van der Waals surface area contributed by atoms with Gasteiger partial charge in [0.2, 0.25) is 0 Å². The molecule has 0 aliphatic rings. The third-order valence-electron chi connectivity index (χ3n) is 4.17. The lowest BCUT2D eigenvalue weighted by molar-refractivity contribution is -0.125. The second kappa shape index (κ2) is 7.34. The molecule has 1 aromatic rings. The molecule has 0 amide bonds. The Labute approximate surface area is 129 Å². The second-order valence-electron chi connectivity index (χ2n) is 6.98. The van der Waals surface area contributed by atoms with E-state index < -0.39 is 14.4 Å². The molecule has 0 aliphatic carbocycles. The molecule has 0 radical (unpaired) electrons. The van der Waals surface area contributed by atoms with Crippen LogP contribution in [0.5, 0.6) is 0 Å². The summed E-state index contributed by atoms with van der Waals surface area (Å²) in [5, 5.41) is 0.119. The van der Waals surface area contributed by atoms with E-state index in [1.54, 1.807) is 0 Å². The van der Waals surface area contributed by atoms with Gasteiger partial charge in [-0.05, 0) is 30.6 Å². The molecule has 0 aliphatic heterocycles. The summed E-state index contributed by atoms with van der Waals surface area (Å²) in [7, 11) is -1.89. The molecule has 118 valence electrons. The van der Waals surface area contributed by atoms with Crippen molar-refractivity contribution in [1.29, 1.82) is 0 Å². The highest BCUT2D eigenvalue weighted by molar-refractivity contribution is 6.74. The summed E-state index contributed by atoms with van der Waals surface area (Å²) < 4.78 is 12.0. The van der Waals surface area contributed by atoms with E-state index in [2.05, 4.69) is 33.9 Å². The quantitative estimate of drug-likeness (QED) is 0.560. The Bertz CT molecular complexity index is 437. The van der Waals surface area contributed by atoms with Crippen molar-refractivity contribution in [1.82, 2.24) is 0 Å². The maximum Gasteiger partial charge on any atom is 0.192 e. The molecule has 0 spiro atoms. The van der Waals surface area contributed by atoms with Crippen molar-refractivity contribution in [2.45, 2.75) is 64.6 Å². The van der Waals surface area contributed by atoms with Gasteiger partial charge < -0.3 is 14.0 Å². The van der Waals surface area contributed by atoms with E-state index in [-0.39, 0.29) is 11.1 Å². The maximum atomic E-state index is 11.3. The fraction of sp³-hybridized carbons (Fsp3) is 0.588. The summed E-state index contributed by atoms with van der Waals surface area (Å²) >= 11 is 0. The minimum Gasteiger partial charge on any atom is -0.411 e. The van der Waals surface area contributed by atoms with Crippen molar-refractivity contribution in [3.8, 4) is 0 Å². The summed E-state index contributed by atoms with van der Waals surface area (Å²) in [4.78, 5) is 11.3. The summed E-state index contributed by atoms with van der Waals surface area (Å²) in [6.45, 7) is 13.3. The first kappa shape index (κ1) is 18.1. The normalized spacial score (nSPS) is 15.5. The van der Waals surface area contributed by atoms with E-state index in [0.29, 0.717) is 6.61 Å². The van der Waals surface area contributed by atoms with Crippen molar-refractivity contribution < 1.29 is 14.0 Å². The van der Waals surface area contributed by atoms with Gasteiger partial charge in [-0.3, -0.25) is 0 Å². The predicted molar refractivity (Wildman–Crippen MR) is 88.8 cm³/mol. The lowest BCUT2D eigenvalue weighted by atomic mass is 10.2. The second-order valence-corrected chi connectivity index (χ2v) is 11.7. The van der Waals surface area contributed by atoms with Gasteiger partial charge in [0.05, 0.1) is 12.7 Å². The number of rotatable bonds is 7. The van der Waals surface area contributed by atoms with Gasteiger partial charge in [-0.25, -0.2) is 0 Å². The average molecular weight is 308 g/mol. The molecule has 0 fully saturated rings. The Balaban J connectivity index is 2.61. The number of benzene rings is 1. The van der Waals surface area contributed by atoms with Gasteiger partial charge in [-0.15, -0.1) is 0 Å². The van der Waals surface area contributed by atoms with E-state index in [0.717, 1.165) is 11.8 Å². The molecule has 0 heterocycles. The fourth-order valence-electron chi connectivity index (χ4n) is 1.76. The predicted octanol–water partition coefficient (Wildman–Crippen LogP) is 4.18. The molecular weight excluding hydrogens is 280 g/mol. The van der Waals surface area contributed by atoms with Gasteiger partial charge in [-0.2, -0.15) is 0 Å². The van der Waals surface area contributed by atoms with Crippen molar-refractivity contribution >= 4 is 14.6 Å². The van der Waals surface area contributed by atoms with Gasteiger partial charge in [-0.1, -0.05) is 51.1 Å². The van der Waals surface area contributed by atoms with E-state index in [1.807, 2.05) is 37.3 Å². The monoisotopic (exact) mass is 308 g/mol. The van der Waals surface area contributed by atoms with Crippen LogP contribution in [0, 0.1) is 0 Å². The van der Waals surface area contributed by atoms with Crippen LogP contribution in [0.2, 0.25) is 18.1 Å². The third-order valence-corrected chi connectivity index (χ3v) is 8.74. The first-order valence-corrected chi connectivity index (χ1v) is 10.4. The van der Waals surface area contributed by atoms with Crippen LogP contribution in [0.15, 0.2) is 30.3 Å². The highest BCUT2D eigenvalue weighted by Gasteiger charge is 2.39. The van der Waals surface area contributed by atoms with Gasteiger partial charge in [0.15, 0.2) is 14.6 Å². The van der Waals surface area contributed by atoms with Crippen molar-refractivity contribution in [2.24, 2.45) is 0 Å². The van der Waals surface area contributed by atoms with E-state index in [1.165, 1.54) is 0 Å². The Morgan fingerprint density at radius 3 is 2.24 bits per heavy atom. The Morgan fingerprint density at radius 1 is 1.19 bits per heavy atom. The van der Waals surface area contributed by atoms with Crippen LogP contribution >= 0.6 is 0 Å². The van der Waals surface area contributed by atoms with Gasteiger partial charge in [0, 0.05) is 0 Å². The van der Waals surface area contributed by atoms with Crippen LogP contribution in [0.4, 0.5) is 0 Å². The molecule has 21 heavy (non-hydrogen) atoms. The van der Waals surface area contributed by atoms with Crippen LogP contribution in [0.1, 0.15) is 33.3 Å². The summed E-state index contributed by atoms with van der Waals surface area (Å²) in [6, 6.07) is 9.86. The largest absolute Gasteiger partial charge is 0.411 e. The van der Waals surface area contributed by atoms with Gasteiger partial charge in [0.1, 0.15) is 6.10 Å². The lowest BCUT2D eigenvalue weighted by Crippen LogP contribution is -2.47. The molecule has 0 saturated carbocycles. The Kier molecular flexibility index (Phi) is 6.32. The molecule has 4 heteroatoms. The lowest BCUT2D eigenvalue weighted by Gasteiger charge is -2.39. The number of carbonyl (C=O) groups is 1. The average Bonchev–Trinajstić information content (AvgIpc) is 2.38. The molecule has 0 unspecified atom stereocenters. The van der Waals surface area contributed by atoms with Crippen LogP contribution in [0.25, 0.3) is 0 Å². The van der Waals surface area contributed by atoms with Crippen molar-refractivity contribution in [3.05, 3.63) is 35.9 Å². The zero-order valence-corrected chi connectivity index (χ0v) is 15.1. The molecule has 1 rings (SSSR count). The summed E-state index contributed by atoms with van der Waals surface area (Å²) in [6.07, 6.45) is 0.0900. The molecule has 0 bridgehead atoms. The highest BCUT2D eigenvalue weighted by Crippen LogP contribution is 2.37. The standard InChI is InChI=1S/C17H28O3Si/c1-14(20-21(5,6)17(2,3)4)16(12-18)19-13-15-10-8-7-9-11-15/h7-12,14,16H,13H2,1-6H3/t14-,16+/m0/s1. The first-order chi connectivity index (χ1) is 9.67. The van der Waals surface area contributed by atoms with Gasteiger partial charge in [0.25, 0.3) is 0 Å². The SMILES string of the molecule is C[C@H](O[Si](C)(C)C(C)(C)C)[C@@H](C=O)OCc1ccccc1. The summed E-state index contributed by atoms with van der Waals surface area (Å²) in [5.74, 6) is 0. The molecule has 1 aromatic carbocycles. The maximum absolute atomic E-state index is 11.3.